The molecule has 1 aliphatic heterocycles. The lowest BCUT2D eigenvalue weighted by Crippen LogP contribution is -2.35. The lowest BCUT2D eigenvalue weighted by molar-refractivity contribution is 0.0288. The van der Waals surface area contributed by atoms with Crippen molar-refractivity contribution in [2.75, 3.05) is 13.1 Å². The second kappa shape index (κ2) is 5.99. The highest BCUT2D eigenvalue weighted by molar-refractivity contribution is 5.68. The van der Waals surface area contributed by atoms with Crippen molar-refractivity contribution in [3.63, 3.8) is 0 Å². The van der Waals surface area contributed by atoms with E-state index in [1.54, 1.807) is 11.8 Å². The van der Waals surface area contributed by atoms with Crippen molar-refractivity contribution in [2.24, 2.45) is 5.92 Å². The summed E-state index contributed by atoms with van der Waals surface area (Å²) in [6.45, 7) is 8.31. The quantitative estimate of drug-likeness (QED) is 0.842. The maximum Gasteiger partial charge on any atom is 0.410 e. The first-order valence-corrected chi connectivity index (χ1v) is 8.07. The zero-order valence-electron chi connectivity index (χ0n) is 14.4. The second-order valence-corrected chi connectivity index (χ2v) is 7.21. The summed E-state index contributed by atoms with van der Waals surface area (Å²) in [5.41, 5.74) is 0.259. The Labute approximate surface area is 139 Å². The van der Waals surface area contributed by atoms with Gasteiger partial charge in [0, 0.05) is 13.1 Å². The number of carbonyl (C=O) groups is 1. The van der Waals surface area contributed by atoms with Gasteiger partial charge in [-0.1, -0.05) is 0 Å². The largest absolute Gasteiger partial charge is 0.444 e. The molecule has 1 unspecified atom stereocenters. The van der Waals surface area contributed by atoms with Gasteiger partial charge in [-0.25, -0.2) is 14.2 Å². The molecule has 130 valence electrons. The molecular weight excluding hydrogens is 313 g/mol. The highest BCUT2D eigenvalue weighted by Gasteiger charge is 2.31. The monoisotopic (exact) mass is 335 g/mol. The standard InChI is InChI=1S/C16H22FN5O2/c1-10-13(17)12(22-14(20-10)18-9-19-22)7-11-5-6-21(8-11)15(23)24-16(2,3)4/h9,11H,5-8H2,1-4H3. The zero-order valence-corrected chi connectivity index (χ0v) is 14.4. The predicted octanol–water partition coefficient (Wildman–Crippen LogP) is 2.37. The molecule has 0 bridgehead atoms. The molecule has 24 heavy (non-hydrogen) atoms. The zero-order chi connectivity index (χ0) is 17.5. The first kappa shape index (κ1) is 16.6. The van der Waals surface area contributed by atoms with Crippen LogP contribution in [0.4, 0.5) is 9.18 Å². The van der Waals surface area contributed by atoms with Crippen LogP contribution < -0.4 is 0 Å². The van der Waals surface area contributed by atoms with Gasteiger partial charge in [0.1, 0.15) is 11.9 Å². The third-order valence-electron chi connectivity index (χ3n) is 4.04. The Morgan fingerprint density at radius 2 is 2.21 bits per heavy atom. The van der Waals surface area contributed by atoms with E-state index in [4.69, 9.17) is 4.74 Å². The van der Waals surface area contributed by atoms with E-state index in [0.717, 1.165) is 6.42 Å². The lowest BCUT2D eigenvalue weighted by Gasteiger charge is -2.24. The van der Waals surface area contributed by atoms with Gasteiger partial charge in [0.15, 0.2) is 5.82 Å². The molecule has 2 aromatic rings. The molecular formula is C16H22FN5O2. The Morgan fingerprint density at radius 1 is 1.46 bits per heavy atom. The van der Waals surface area contributed by atoms with Crippen LogP contribution in [0.1, 0.15) is 38.6 Å². The van der Waals surface area contributed by atoms with Crippen molar-refractivity contribution in [1.82, 2.24) is 24.5 Å². The van der Waals surface area contributed by atoms with E-state index in [-0.39, 0.29) is 17.8 Å². The first-order valence-electron chi connectivity index (χ1n) is 8.07. The summed E-state index contributed by atoms with van der Waals surface area (Å²) < 4.78 is 21.3. The van der Waals surface area contributed by atoms with Crippen molar-refractivity contribution in [3.05, 3.63) is 23.5 Å². The van der Waals surface area contributed by atoms with Crippen LogP contribution in [0.3, 0.4) is 0 Å². The van der Waals surface area contributed by atoms with E-state index in [1.165, 1.54) is 10.8 Å². The molecule has 1 fully saturated rings. The summed E-state index contributed by atoms with van der Waals surface area (Å²) in [4.78, 5) is 21.9. The summed E-state index contributed by atoms with van der Waals surface area (Å²) in [5, 5.41) is 4.06. The number of hydrogen-bond donors (Lipinski definition) is 0. The normalized spacial score (nSPS) is 18.4. The van der Waals surface area contributed by atoms with Gasteiger partial charge in [-0.15, -0.1) is 0 Å². The minimum absolute atomic E-state index is 0.154. The lowest BCUT2D eigenvalue weighted by atomic mass is 10.0. The number of nitrogens with zero attached hydrogens (tertiary/aromatic N) is 5. The topological polar surface area (TPSA) is 72.6 Å². The number of aryl methyl sites for hydroxylation is 1. The third-order valence-corrected chi connectivity index (χ3v) is 4.04. The number of carbonyl (C=O) groups excluding carboxylic acids is 1. The number of amides is 1. The maximum absolute atomic E-state index is 14.5. The molecule has 1 amide bonds. The molecule has 0 saturated carbocycles. The van der Waals surface area contributed by atoms with E-state index in [2.05, 4.69) is 15.1 Å². The van der Waals surface area contributed by atoms with Crippen LogP contribution in [0.15, 0.2) is 6.33 Å². The Hall–Kier alpha value is -2.25. The molecule has 8 heteroatoms. The number of hydrogen-bond acceptors (Lipinski definition) is 5. The summed E-state index contributed by atoms with van der Waals surface area (Å²) in [6, 6.07) is 0. The SMILES string of the molecule is Cc1nc2ncnn2c(CC2CCN(C(=O)OC(C)(C)C)C2)c1F. The van der Waals surface area contributed by atoms with Crippen molar-refractivity contribution in [3.8, 4) is 0 Å². The summed E-state index contributed by atoms with van der Waals surface area (Å²) >= 11 is 0. The fourth-order valence-electron chi connectivity index (χ4n) is 2.94. The number of ether oxygens (including phenoxy) is 1. The number of aromatic nitrogens is 4. The molecule has 1 saturated heterocycles. The molecule has 0 aromatic carbocycles. The highest BCUT2D eigenvalue weighted by atomic mass is 19.1. The van der Waals surface area contributed by atoms with Crippen LogP contribution in [0.25, 0.3) is 5.78 Å². The summed E-state index contributed by atoms with van der Waals surface area (Å²) in [5.74, 6) is 0.191. The van der Waals surface area contributed by atoms with E-state index in [9.17, 15) is 9.18 Å². The Kier molecular flexibility index (Phi) is 4.15. The van der Waals surface area contributed by atoms with Gasteiger partial charge >= 0.3 is 6.09 Å². The molecule has 0 aliphatic carbocycles. The molecule has 1 aliphatic rings. The van der Waals surface area contributed by atoms with Crippen LogP contribution >= 0.6 is 0 Å². The van der Waals surface area contributed by atoms with E-state index in [0.29, 0.717) is 36.7 Å². The predicted molar refractivity (Wildman–Crippen MR) is 85.1 cm³/mol. The Morgan fingerprint density at radius 3 is 2.92 bits per heavy atom. The first-order chi connectivity index (χ1) is 11.2. The van der Waals surface area contributed by atoms with E-state index < -0.39 is 5.60 Å². The molecule has 1 atom stereocenters. The molecule has 3 heterocycles. The number of rotatable bonds is 2. The Bertz CT molecular complexity index is 768. The summed E-state index contributed by atoms with van der Waals surface area (Å²) in [7, 11) is 0. The average Bonchev–Trinajstić information content (AvgIpc) is 3.10. The van der Waals surface area contributed by atoms with Gasteiger partial charge in [0.2, 0.25) is 0 Å². The minimum Gasteiger partial charge on any atom is -0.444 e. The molecule has 7 nitrogen and oxygen atoms in total. The number of likely N-dealkylation sites (tertiary alicyclic amines) is 1. The highest BCUT2D eigenvalue weighted by Crippen LogP contribution is 2.24. The van der Waals surface area contributed by atoms with Crippen LogP contribution in [-0.2, 0) is 11.2 Å². The second-order valence-electron chi connectivity index (χ2n) is 7.21. The molecule has 0 spiro atoms. The minimum atomic E-state index is -0.517. The smallest absolute Gasteiger partial charge is 0.410 e. The van der Waals surface area contributed by atoms with Crippen LogP contribution in [0.5, 0.6) is 0 Å². The van der Waals surface area contributed by atoms with Crippen molar-refractivity contribution in [1.29, 1.82) is 0 Å². The van der Waals surface area contributed by atoms with Crippen LogP contribution in [0, 0.1) is 18.7 Å². The molecule has 3 rings (SSSR count). The van der Waals surface area contributed by atoms with E-state index >= 15 is 0 Å². The fraction of sp³-hybridized carbons (Fsp3) is 0.625. The third kappa shape index (κ3) is 3.32. The number of fused-ring (bicyclic) bond motifs is 1. The Balaban J connectivity index is 1.73. The van der Waals surface area contributed by atoms with Crippen molar-refractivity contribution < 1.29 is 13.9 Å². The van der Waals surface area contributed by atoms with Gasteiger partial charge in [-0.3, -0.25) is 0 Å². The van der Waals surface area contributed by atoms with Crippen LogP contribution in [-0.4, -0.2) is 49.3 Å². The van der Waals surface area contributed by atoms with Gasteiger partial charge in [0.25, 0.3) is 5.78 Å². The van der Waals surface area contributed by atoms with Gasteiger partial charge in [0.05, 0.1) is 11.4 Å². The fourth-order valence-corrected chi connectivity index (χ4v) is 2.94. The van der Waals surface area contributed by atoms with Crippen molar-refractivity contribution >= 4 is 11.9 Å². The number of halogens is 1. The average molecular weight is 335 g/mol. The van der Waals surface area contributed by atoms with Gasteiger partial charge in [-0.2, -0.15) is 14.6 Å². The molecule has 0 radical (unpaired) electrons. The summed E-state index contributed by atoms with van der Waals surface area (Å²) in [6.07, 6.45) is 2.33. The maximum atomic E-state index is 14.5. The van der Waals surface area contributed by atoms with Gasteiger partial charge in [-0.05, 0) is 46.5 Å². The van der Waals surface area contributed by atoms with Crippen molar-refractivity contribution in [2.45, 2.75) is 46.1 Å². The van der Waals surface area contributed by atoms with Crippen LogP contribution in [0.2, 0.25) is 0 Å². The van der Waals surface area contributed by atoms with Gasteiger partial charge < -0.3 is 9.64 Å². The van der Waals surface area contributed by atoms with E-state index in [1.807, 2.05) is 20.8 Å². The molecule has 2 aromatic heterocycles. The molecule has 0 N–H and O–H groups in total.